The second-order valence-electron chi connectivity index (χ2n) is 4.31. The molecule has 2 aromatic rings. The van der Waals surface area contributed by atoms with Crippen molar-refractivity contribution >= 4 is 6.21 Å². The third kappa shape index (κ3) is 3.66. The first-order valence-corrected chi connectivity index (χ1v) is 6.44. The lowest BCUT2D eigenvalue weighted by Gasteiger charge is -2.15. The number of ether oxygens (including phenoxy) is 3. The molecule has 0 bridgehead atoms. The van der Waals surface area contributed by atoms with Gasteiger partial charge in [-0.25, -0.2) is 0 Å². The molecule has 0 amide bonds. The minimum atomic E-state index is 0.428. The summed E-state index contributed by atoms with van der Waals surface area (Å²) in [7, 11) is 3.15. The highest BCUT2D eigenvalue weighted by Gasteiger charge is 2.14. The Morgan fingerprint density at radius 1 is 1.05 bits per heavy atom. The normalized spacial score (nSPS) is 10.6. The van der Waals surface area contributed by atoms with Gasteiger partial charge in [0.2, 0.25) is 5.75 Å². The predicted octanol–water partition coefficient (Wildman–Crippen LogP) is 2.58. The van der Waals surface area contributed by atoms with Crippen molar-refractivity contribution in [3.8, 4) is 17.2 Å². The number of hydrogen-bond donors (Lipinski definition) is 1. The van der Waals surface area contributed by atoms with Crippen LogP contribution in [0.15, 0.2) is 47.6 Å². The van der Waals surface area contributed by atoms with Crippen molar-refractivity contribution in [1.82, 2.24) is 0 Å². The fourth-order valence-corrected chi connectivity index (χ4v) is 1.93. The van der Waals surface area contributed by atoms with E-state index in [1.165, 1.54) is 6.21 Å². The van der Waals surface area contributed by atoms with Gasteiger partial charge in [-0.2, -0.15) is 5.10 Å². The van der Waals surface area contributed by atoms with Crippen LogP contribution in [0.5, 0.6) is 17.2 Å². The minimum absolute atomic E-state index is 0.428. The van der Waals surface area contributed by atoms with Gasteiger partial charge in [-0.3, -0.25) is 0 Å². The molecule has 110 valence electrons. The fraction of sp³-hybridized carbons (Fsp3) is 0.188. The van der Waals surface area contributed by atoms with Crippen LogP contribution in [-0.2, 0) is 6.61 Å². The Hall–Kier alpha value is -2.69. The Morgan fingerprint density at radius 2 is 1.67 bits per heavy atom. The van der Waals surface area contributed by atoms with Crippen LogP contribution < -0.4 is 20.1 Å². The fourth-order valence-electron chi connectivity index (χ4n) is 1.93. The number of benzene rings is 2. The van der Waals surface area contributed by atoms with E-state index in [9.17, 15) is 0 Å². The number of nitrogens with two attached hydrogens (primary N) is 1. The van der Waals surface area contributed by atoms with Crippen molar-refractivity contribution in [1.29, 1.82) is 0 Å². The lowest BCUT2D eigenvalue weighted by molar-refractivity contribution is 0.266. The number of hydrogen-bond acceptors (Lipinski definition) is 5. The van der Waals surface area contributed by atoms with Crippen LogP contribution in [0.4, 0.5) is 0 Å². The van der Waals surface area contributed by atoms with E-state index in [1.807, 2.05) is 30.3 Å². The summed E-state index contributed by atoms with van der Waals surface area (Å²) in [5.41, 5.74) is 1.84. The van der Waals surface area contributed by atoms with E-state index in [2.05, 4.69) is 5.10 Å². The Kier molecular flexibility index (Phi) is 5.04. The Bertz CT molecular complexity index is 587. The second-order valence-corrected chi connectivity index (χ2v) is 4.31. The summed E-state index contributed by atoms with van der Waals surface area (Å²) in [6.07, 6.45) is 1.52. The van der Waals surface area contributed by atoms with E-state index < -0.39 is 0 Å². The molecule has 2 aromatic carbocycles. The summed E-state index contributed by atoms with van der Waals surface area (Å²) in [4.78, 5) is 0. The first-order valence-electron chi connectivity index (χ1n) is 6.44. The maximum Gasteiger partial charge on any atom is 0.203 e. The molecule has 0 aliphatic rings. The molecule has 5 nitrogen and oxygen atoms in total. The van der Waals surface area contributed by atoms with Gasteiger partial charge >= 0.3 is 0 Å². The van der Waals surface area contributed by atoms with Gasteiger partial charge < -0.3 is 20.1 Å². The third-order valence-corrected chi connectivity index (χ3v) is 2.93. The molecular weight excluding hydrogens is 268 g/mol. The van der Waals surface area contributed by atoms with E-state index >= 15 is 0 Å². The average molecular weight is 286 g/mol. The highest BCUT2D eigenvalue weighted by molar-refractivity contribution is 5.82. The quantitative estimate of drug-likeness (QED) is 0.503. The summed E-state index contributed by atoms with van der Waals surface area (Å²) in [5, 5.41) is 3.50. The molecule has 0 spiro atoms. The van der Waals surface area contributed by atoms with Crippen molar-refractivity contribution in [3.63, 3.8) is 0 Å². The largest absolute Gasteiger partial charge is 0.493 e. The molecule has 0 saturated heterocycles. The molecule has 0 aliphatic carbocycles. The molecule has 0 aliphatic heterocycles. The molecule has 0 heterocycles. The van der Waals surface area contributed by atoms with Gasteiger partial charge in [0.25, 0.3) is 0 Å². The van der Waals surface area contributed by atoms with Gasteiger partial charge in [0, 0.05) is 5.56 Å². The van der Waals surface area contributed by atoms with Crippen molar-refractivity contribution in [2.24, 2.45) is 10.9 Å². The monoisotopic (exact) mass is 286 g/mol. The molecule has 0 aromatic heterocycles. The zero-order chi connectivity index (χ0) is 15.1. The highest BCUT2D eigenvalue weighted by atomic mass is 16.5. The van der Waals surface area contributed by atoms with E-state index in [0.29, 0.717) is 23.9 Å². The summed E-state index contributed by atoms with van der Waals surface area (Å²) in [5.74, 6) is 6.87. The molecule has 2 N–H and O–H groups in total. The van der Waals surface area contributed by atoms with Crippen LogP contribution in [0, 0.1) is 0 Å². The first kappa shape index (κ1) is 14.7. The predicted molar refractivity (Wildman–Crippen MR) is 82.1 cm³/mol. The van der Waals surface area contributed by atoms with Gasteiger partial charge in [0.15, 0.2) is 11.5 Å². The number of hydrazone groups is 1. The van der Waals surface area contributed by atoms with Crippen molar-refractivity contribution in [2.45, 2.75) is 6.61 Å². The Balaban J connectivity index is 2.28. The molecule has 21 heavy (non-hydrogen) atoms. The van der Waals surface area contributed by atoms with Crippen molar-refractivity contribution in [3.05, 3.63) is 53.6 Å². The van der Waals surface area contributed by atoms with Gasteiger partial charge in [-0.05, 0) is 17.7 Å². The number of nitrogens with zero attached hydrogens (tertiary/aromatic N) is 1. The second kappa shape index (κ2) is 7.19. The smallest absolute Gasteiger partial charge is 0.203 e. The van der Waals surface area contributed by atoms with Crippen molar-refractivity contribution in [2.75, 3.05) is 14.2 Å². The summed E-state index contributed by atoms with van der Waals surface area (Å²) >= 11 is 0. The van der Waals surface area contributed by atoms with Crippen molar-refractivity contribution < 1.29 is 14.2 Å². The SMILES string of the molecule is COc1cc(/C=N\N)cc(OC)c1OCc1ccccc1. The molecule has 5 heteroatoms. The molecule has 0 fully saturated rings. The molecule has 0 atom stereocenters. The van der Waals surface area contributed by atoms with E-state index in [4.69, 9.17) is 20.1 Å². The van der Waals surface area contributed by atoms with Crippen LogP contribution in [-0.4, -0.2) is 20.4 Å². The van der Waals surface area contributed by atoms with Crippen LogP contribution in [0.3, 0.4) is 0 Å². The van der Waals surface area contributed by atoms with Crippen LogP contribution in [0.1, 0.15) is 11.1 Å². The van der Waals surface area contributed by atoms with Crippen LogP contribution in [0.25, 0.3) is 0 Å². The van der Waals surface area contributed by atoms with E-state index in [-0.39, 0.29) is 0 Å². The molecule has 2 rings (SSSR count). The van der Waals surface area contributed by atoms with Gasteiger partial charge in [0.05, 0.1) is 20.4 Å². The summed E-state index contributed by atoms with van der Waals surface area (Å²) in [6, 6.07) is 13.5. The third-order valence-electron chi connectivity index (χ3n) is 2.93. The molecule has 0 radical (unpaired) electrons. The average Bonchev–Trinajstić information content (AvgIpc) is 2.54. The first-order chi connectivity index (χ1) is 10.3. The topological polar surface area (TPSA) is 66.1 Å². The van der Waals surface area contributed by atoms with Crippen LogP contribution >= 0.6 is 0 Å². The minimum Gasteiger partial charge on any atom is -0.493 e. The number of rotatable bonds is 6. The van der Waals surface area contributed by atoms with Gasteiger partial charge in [0.1, 0.15) is 6.61 Å². The zero-order valence-corrected chi connectivity index (χ0v) is 12.1. The molecule has 0 unspecified atom stereocenters. The maximum atomic E-state index is 5.84. The molecular formula is C16H18N2O3. The summed E-state index contributed by atoms with van der Waals surface area (Å²) in [6.45, 7) is 0.428. The Labute approximate surface area is 123 Å². The standard InChI is InChI=1S/C16H18N2O3/c1-19-14-8-13(10-18-17)9-15(20-2)16(14)21-11-12-6-4-3-5-7-12/h3-10H,11,17H2,1-2H3/b18-10-. The summed E-state index contributed by atoms with van der Waals surface area (Å²) < 4.78 is 16.6. The van der Waals surface area contributed by atoms with Crippen LogP contribution in [0.2, 0.25) is 0 Å². The number of methoxy groups -OCH3 is 2. The molecule has 0 saturated carbocycles. The van der Waals surface area contributed by atoms with E-state index in [1.54, 1.807) is 26.4 Å². The van der Waals surface area contributed by atoms with E-state index in [0.717, 1.165) is 11.1 Å². The lowest BCUT2D eigenvalue weighted by Crippen LogP contribution is -2.01. The van der Waals surface area contributed by atoms with Gasteiger partial charge in [-0.1, -0.05) is 30.3 Å². The maximum absolute atomic E-state index is 5.84. The zero-order valence-electron chi connectivity index (χ0n) is 12.1. The van der Waals surface area contributed by atoms with Gasteiger partial charge in [-0.15, -0.1) is 0 Å². The Morgan fingerprint density at radius 3 is 2.19 bits per heavy atom. The highest BCUT2D eigenvalue weighted by Crippen LogP contribution is 2.38. The lowest BCUT2D eigenvalue weighted by atomic mass is 10.2.